The van der Waals surface area contributed by atoms with E-state index in [0.717, 1.165) is 23.7 Å². The van der Waals surface area contributed by atoms with Crippen molar-refractivity contribution in [1.29, 1.82) is 0 Å². The Morgan fingerprint density at radius 3 is 3.00 bits per heavy atom. The molecule has 1 N–H and O–H groups in total. The van der Waals surface area contributed by atoms with E-state index in [0.29, 0.717) is 17.6 Å². The van der Waals surface area contributed by atoms with Crippen LogP contribution in [0, 0.1) is 0 Å². The quantitative estimate of drug-likeness (QED) is 0.890. The van der Waals surface area contributed by atoms with Crippen LogP contribution < -0.4 is 5.32 Å². The van der Waals surface area contributed by atoms with Crippen LogP contribution in [0.2, 0.25) is 5.02 Å². The number of nitrogens with one attached hydrogen (secondary N) is 1. The number of benzene rings is 1. The van der Waals surface area contributed by atoms with Gasteiger partial charge in [0.15, 0.2) is 0 Å². The summed E-state index contributed by atoms with van der Waals surface area (Å²) in [5.41, 5.74) is 0.931. The zero-order valence-electron chi connectivity index (χ0n) is 9.32. The standard InChI is InChI=1S/C13H13ClN2O/c14-11-3-1-2-9-6-7-16(13(9)11)8-12(17)15-10-4-5-10/h1-3,6-7,10H,4-5,8H2,(H,15,17). The number of aromatic nitrogens is 1. The molecule has 1 aliphatic rings. The molecule has 1 amide bonds. The minimum absolute atomic E-state index is 0.0601. The predicted molar refractivity (Wildman–Crippen MR) is 68.1 cm³/mol. The number of para-hydroxylation sites is 1. The van der Waals surface area contributed by atoms with E-state index in [-0.39, 0.29) is 5.91 Å². The molecule has 0 saturated heterocycles. The Balaban J connectivity index is 1.86. The number of amides is 1. The lowest BCUT2D eigenvalue weighted by molar-refractivity contribution is -0.121. The summed E-state index contributed by atoms with van der Waals surface area (Å²) in [6.07, 6.45) is 4.13. The monoisotopic (exact) mass is 248 g/mol. The van der Waals surface area contributed by atoms with Gasteiger partial charge in [0.1, 0.15) is 6.54 Å². The maximum atomic E-state index is 11.7. The van der Waals surface area contributed by atoms with E-state index in [1.165, 1.54) is 0 Å². The van der Waals surface area contributed by atoms with Crippen LogP contribution in [0.25, 0.3) is 10.9 Å². The topological polar surface area (TPSA) is 34.0 Å². The molecule has 0 unspecified atom stereocenters. The molecule has 1 aliphatic carbocycles. The van der Waals surface area contributed by atoms with Crippen molar-refractivity contribution in [2.75, 3.05) is 0 Å². The van der Waals surface area contributed by atoms with E-state index in [2.05, 4.69) is 5.32 Å². The summed E-state index contributed by atoms with van der Waals surface area (Å²) < 4.78 is 1.90. The molecule has 3 rings (SSSR count). The number of nitrogens with zero attached hydrogens (tertiary/aromatic N) is 1. The van der Waals surface area contributed by atoms with Crippen LogP contribution >= 0.6 is 11.6 Å². The third-order valence-corrected chi connectivity index (χ3v) is 3.30. The number of hydrogen-bond acceptors (Lipinski definition) is 1. The molecule has 1 saturated carbocycles. The van der Waals surface area contributed by atoms with Crippen LogP contribution in [0.4, 0.5) is 0 Å². The van der Waals surface area contributed by atoms with E-state index < -0.39 is 0 Å². The number of rotatable bonds is 3. The first-order valence-electron chi connectivity index (χ1n) is 5.77. The summed E-state index contributed by atoms with van der Waals surface area (Å²) >= 11 is 6.15. The molecule has 1 heterocycles. The van der Waals surface area contributed by atoms with E-state index in [4.69, 9.17) is 11.6 Å². The van der Waals surface area contributed by atoms with Crippen molar-refractivity contribution < 1.29 is 4.79 Å². The van der Waals surface area contributed by atoms with Gasteiger partial charge in [-0.2, -0.15) is 0 Å². The van der Waals surface area contributed by atoms with Gasteiger partial charge in [-0.05, 0) is 25.0 Å². The zero-order chi connectivity index (χ0) is 11.8. The van der Waals surface area contributed by atoms with Gasteiger partial charge in [-0.1, -0.05) is 23.7 Å². The summed E-state index contributed by atoms with van der Waals surface area (Å²) in [5.74, 6) is 0.0601. The highest BCUT2D eigenvalue weighted by atomic mass is 35.5. The van der Waals surface area contributed by atoms with Crippen LogP contribution in [0.15, 0.2) is 30.5 Å². The molecule has 1 aromatic heterocycles. The molecule has 88 valence electrons. The fraction of sp³-hybridized carbons (Fsp3) is 0.308. The van der Waals surface area contributed by atoms with Crippen molar-refractivity contribution in [3.8, 4) is 0 Å². The molecule has 0 radical (unpaired) electrons. The smallest absolute Gasteiger partial charge is 0.240 e. The van der Waals surface area contributed by atoms with Gasteiger partial charge in [0.2, 0.25) is 5.91 Å². The van der Waals surface area contributed by atoms with E-state index in [1.54, 1.807) is 0 Å². The average Bonchev–Trinajstić information content (AvgIpc) is 3.00. The Morgan fingerprint density at radius 2 is 2.24 bits per heavy atom. The molecule has 0 aliphatic heterocycles. The second-order valence-corrected chi connectivity index (χ2v) is 4.87. The van der Waals surface area contributed by atoms with Crippen molar-refractivity contribution in [3.63, 3.8) is 0 Å². The van der Waals surface area contributed by atoms with Crippen LogP contribution in [-0.2, 0) is 11.3 Å². The SMILES string of the molecule is O=C(Cn1ccc2cccc(Cl)c21)NC1CC1. The number of hydrogen-bond donors (Lipinski definition) is 1. The van der Waals surface area contributed by atoms with Gasteiger partial charge in [0, 0.05) is 17.6 Å². The highest BCUT2D eigenvalue weighted by molar-refractivity contribution is 6.35. The van der Waals surface area contributed by atoms with Gasteiger partial charge in [-0.15, -0.1) is 0 Å². The fourth-order valence-corrected chi connectivity index (χ4v) is 2.29. The zero-order valence-corrected chi connectivity index (χ0v) is 10.1. The molecular weight excluding hydrogens is 236 g/mol. The maximum absolute atomic E-state index is 11.7. The third-order valence-electron chi connectivity index (χ3n) is 3.00. The lowest BCUT2D eigenvalue weighted by Crippen LogP contribution is -2.29. The number of halogens is 1. The fourth-order valence-electron chi connectivity index (χ4n) is 2.00. The largest absolute Gasteiger partial charge is 0.352 e. The summed E-state index contributed by atoms with van der Waals surface area (Å²) in [6, 6.07) is 8.14. The molecule has 3 nitrogen and oxygen atoms in total. The van der Waals surface area contributed by atoms with Crippen LogP contribution in [0.1, 0.15) is 12.8 Å². The van der Waals surface area contributed by atoms with Crippen LogP contribution in [-0.4, -0.2) is 16.5 Å². The summed E-state index contributed by atoms with van der Waals surface area (Å²) in [6.45, 7) is 0.337. The van der Waals surface area contributed by atoms with Crippen molar-refractivity contribution in [1.82, 2.24) is 9.88 Å². The Labute approximate surface area is 104 Å². The van der Waals surface area contributed by atoms with Gasteiger partial charge >= 0.3 is 0 Å². The second kappa shape index (κ2) is 4.08. The maximum Gasteiger partial charge on any atom is 0.240 e. The third kappa shape index (κ3) is 2.15. The van der Waals surface area contributed by atoms with Crippen LogP contribution in [0.5, 0.6) is 0 Å². The minimum atomic E-state index is 0.0601. The number of carbonyl (C=O) groups excluding carboxylic acids is 1. The average molecular weight is 249 g/mol. The van der Waals surface area contributed by atoms with Gasteiger partial charge in [-0.3, -0.25) is 4.79 Å². The lowest BCUT2D eigenvalue weighted by Gasteiger charge is -2.07. The van der Waals surface area contributed by atoms with Crippen molar-refractivity contribution in [3.05, 3.63) is 35.5 Å². The molecule has 2 aromatic rings. The van der Waals surface area contributed by atoms with Crippen molar-refractivity contribution >= 4 is 28.4 Å². The second-order valence-electron chi connectivity index (χ2n) is 4.46. The Morgan fingerprint density at radius 1 is 1.41 bits per heavy atom. The summed E-state index contributed by atoms with van der Waals surface area (Å²) in [7, 11) is 0. The summed E-state index contributed by atoms with van der Waals surface area (Å²) in [5, 5.41) is 4.73. The number of carbonyl (C=O) groups is 1. The Hall–Kier alpha value is -1.48. The Bertz CT molecular complexity index is 572. The van der Waals surface area contributed by atoms with Crippen LogP contribution in [0.3, 0.4) is 0 Å². The normalized spacial score (nSPS) is 15.1. The molecule has 0 atom stereocenters. The molecule has 4 heteroatoms. The van der Waals surface area contributed by atoms with E-state index >= 15 is 0 Å². The van der Waals surface area contributed by atoms with Gasteiger partial charge in [0.25, 0.3) is 0 Å². The minimum Gasteiger partial charge on any atom is -0.352 e. The first-order chi connectivity index (χ1) is 8.24. The lowest BCUT2D eigenvalue weighted by atomic mass is 10.2. The molecule has 17 heavy (non-hydrogen) atoms. The van der Waals surface area contributed by atoms with Crippen molar-refractivity contribution in [2.45, 2.75) is 25.4 Å². The van der Waals surface area contributed by atoms with Gasteiger partial charge < -0.3 is 9.88 Å². The number of fused-ring (bicyclic) bond motifs is 1. The van der Waals surface area contributed by atoms with Gasteiger partial charge in [-0.25, -0.2) is 0 Å². The molecular formula is C13H13ClN2O. The van der Waals surface area contributed by atoms with Gasteiger partial charge in [0.05, 0.1) is 10.5 Å². The van der Waals surface area contributed by atoms with Crippen molar-refractivity contribution in [2.24, 2.45) is 0 Å². The highest BCUT2D eigenvalue weighted by Gasteiger charge is 2.23. The van der Waals surface area contributed by atoms with E-state index in [9.17, 15) is 4.79 Å². The predicted octanol–water partition coefficient (Wildman–Crippen LogP) is 2.57. The molecule has 0 bridgehead atoms. The summed E-state index contributed by atoms with van der Waals surface area (Å²) in [4.78, 5) is 11.7. The highest BCUT2D eigenvalue weighted by Crippen LogP contribution is 2.24. The first-order valence-corrected chi connectivity index (χ1v) is 6.14. The molecule has 0 spiro atoms. The molecule has 1 aromatic carbocycles. The molecule has 1 fully saturated rings. The first kappa shape index (κ1) is 10.7. The Kier molecular flexibility index (Phi) is 2.56. The van der Waals surface area contributed by atoms with E-state index in [1.807, 2.05) is 35.0 Å².